The van der Waals surface area contributed by atoms with Gasteiger partial charge < -0.3 is 10.6 Å². The van der Waals surface area contributed by atoms with Crippen LogP contribution in [-0.2, 0) is 14.4 Å². The first-order valence-corrected chi connectivity index (χ1v) is 5.14. The van der Waals surface area contributed by atoms with E-state index in [0.29, 0.717) is 0 Å². The van der Waals surface area contributed by atoms with Crippen molar-refractivity contribution in [2.24, 2.45) is 5.92 Å². The van der Waals surface area contributed by atoms with Gasteiger partial charge in [0.1, 0.15) is 12.6 Å². The first-order chi connectivity index (χ1) is 7.18. The van der Waals surface area contributed by atoms with E-state index < -0.39 is 6.04 Å². The Bertz CT molecular complexity index is 282. The highest BCUT2D eigenvalue weighted by Crippen LogP contribution is 2.15. The Labute approximate surface area is 87.7 Å². The summed E-state index contributed by atoms with van der Waals surface area (Å²) in [6.45, 7) is 3.04. The summed E-state index contributed by atoms with van der Waals surface area (Å²) in [6, 6.07) is -0.360. The molecule has 0 aliphatic carbocycles. The highest BCUT2D eigenvalue weighted by Gasteiger charge is 2.33. The minimum atomic E-state index is -0.537. The quantitative estimate of drug-likeness (QED) is 0.523. The predicted octanol–water partition coefficient (Wildman–Crippen LogP) is -1.47. The van der Waals surface area contributed by atoms with Crippen molar-refractivity contribution in [2.75, 3.05) is 13.2 Å². The van der Waals surface area contributed by atoms with E-state index >= 15 is 0 Å². The van der Waals surface area contributed by atoms with E-state index in [0.717, 1.165) is 13.0 Å². The maximum atomic E-state index is 11.8. The number of amides is 2. The molecule has 0 bridgehead atoms. The van der Waals surface area contributed by atoms with Crippen LogP contribution in [0.5, 0.6) is 0 Å². The maximum absolute atomic E-state index is 11.8. The molecule has 2 heterocycles. The molecule has 2 fully saturated rings. The number of hydroxylamine groups is 1. The third-order valence-corrected chi connectivity index (χ3v) is 2.92. The Morgan fingerprint density at radius 3 is 2.93 bits per heavy atom. The van der Waals surface area contributed by atoms with Crippen LogP contribution in [0.4, 0.5) is 0 Å². The van der Waals surface area contributed by atoms with Crippen LogP contribution in [0.25, 0.3) is 0 Å². The lowest BCUT2D eigenvalue weighted by Gasteiger charge is -2.16. The monoisotopic (exact) mass is 213 g/mol. The van der Waals surface area contributed by atoms with E-state index in [1.165, 1.54) is 0 Å². The summed E-state index contributed by atoms with van der Waals surface area (Å²) in [5.74, 6) is -0.390. The van der Waals surface area contributed by atoms with E-state index in [-0.39, 0.29) is 30.4 Å². The smallest absolute Gasteiger partial charge is 0.268 e. The van der Waals surface area contributed by atoms with Gasteiger partial charge in [-0.3, -0.25) is 14.4 Å². The largest absolute Gasteiger partial charge is 0.342 e. The van der Waals surface area contributed by atoms with E-state index in [1.54, 1.807) is 0 Å². The third-order valence-electron chi connectivity index (χ3n) is 2.92. The first-order valence-electron chi connectivity index (χ1n) is 5.14. The van der Waals surface area contributed by atoms with Gasteiger partial charge in [0.05, 0.1) is 5.92 Å². The number of hydrogen-bond donors (Lipinski definition) is 3. The lowest BCUT2D eigenvalue weighted by atomic mass is 10.0. The highest BCUT2D eigenvalue weighted by atomic mass is 16.7. The Hall–Kier alpha value is -1.14. The maximum Gasteiger partial charge on any atom is 0.268 e. The second-order valence-corrected chi connectivity index (χ2v) is 3.98. The summed E-state index contributed by atoms with van der Waals surface area (Å²) in [4.78, 5) is 27.6. The second kappa shape index (κ2) is 4.16. The molecule has 2 rings (SSSR count). The Balaban J connectivity index is 1.88. The van der Waals surface area contributed by atoms with Crippen molar-refractivity contribution in [1.29, 1.82) is 0 Å². The van der Waals surface area contributed by atoms with E-state index in [9.17, 15) is 9.59 Å². The van der Waals surface area contributed by atoms with Crippen molar-refractivity contribution in [2.45, 2.75) is 25.4 Å². The summed E-state index contributed by atoms with van der Waals surface area (Å²) in [6.07, 6.45) is 0.822. The molecule has 0 spiro atoms. The number of hydrogen-bond acceptors (Lipinski definition) is 4. The van der Waals surface area contributed by atoms with Crippen LogP contribution in [0.1, 0.15) is 13.3 Å². The van der Waals surface area contributed by atoms with Crippen molar-refractivity contribution < 1.29 is 14.4 Å². The number of rotatable bonds is 2. The zero-order valence-corrected chi connectivity index (χ0v) is 8.58. The van der Waals surface area contributed by atoms with Crippen LogP contribution < -0.4 is 16.1 Å². The minimum Gasteiger partial charge on any atom is -0.342 e. The van der Waals surface area contributed by atoms with Crippen LogP contribution >= 0.6 is 0 Å². The number of nitrogens with one attached hydrogen (secondary N) is 3. The summed E-state index contributed by atoms with van der Waals surface area (Å²) < 4.78 is 0. The zero-order valence-electron chi connectivity index (χ0n) is 8.58. The topological polar surface area (TPSA) is 79.5 Å². The van der Waals surface area contributed by atoms with Gasteiger partial charge in [0.25, 0.3) is 5.91 Å². The fraction of sp³-hybridized carbons (Fsp3) is 0.778. The first kappa shape index (κ1) is 10.4. The van der Waals surface area contributed by atoms with Crippen LogP contribution in [0.2, 0.25) is 0 Å². The molecule has 0 aromatic heterocycles. The molecule has 2 unspecified atom stereocenters. The van der Waals surface area contributed by atoms with Crippen LogP contribution in [0, 0.1) is 5.92 Å². The number of carbonyl (C=O) groups excluding carboxylic acids is 2. The van der Waals surface area contributed by atoms with Gasteiger partial charge in [-0.1, -0.05) is 0 Å². The average Bonchev–Trinajstić information content (AvgIpc) is 2.76. The summed E-state index contributed by atoms with van der Waals surface area (Å²) in [5, 5.41) is 5.88. The van der Waals surface area contributed by atoms with Crippen molar-refractivity contribution in [3.8, 4) is 0 Å². The van der Waals surface area contributed by atoms with Gasteiger partial charge in [-0.25, -0.2) is 5.48 Å². The van der Waals surface area contributed by atoms with Crippen LogP contribution in [0.15, 0.2) is 0 Å². The SMILES string of the molecule is CC1NCCC1C(=O)N[C@@H]1CONC1=O. The Morgan fingerprint density at radius 2 is 2.40 bits per heavy atom. The summed E-state index contributed by atoms with van der Waals surface area (Å²) in [7, 11) is 0. The van der Waals surface area contributed by atoms with Gasteiger partial charge in [-0.05, 0) is 19.9 Å². The third kappa shape index (κ3) is 2.10. The molecule has 0 saturated carbocycles. The summed E-state index contributed by atoms with van der Waals surface area (Å²) >= 11 is 0. The molecule has 84 valence electrons. The Kier molecular flexibility index (Phi) is 2.88. The average molecular weight is 213 g/mol. The molecule has 6 heteroatoms. The fourth-order valence-electron chi connectivity index (χ4n) is 1.95. The van der Waals surface area contributed by atoms with Crippen molar-refractivity contribution in [1.82, 2.24) is 16.1 Å². The standard InChI is InChI=1S/C9H15N3O3/c1-5-6(2-3-10-5)8(13)11-7-4-15-12-9(7)14/h5-7,10H,2-4H2,1H3,(H,11,13)(H,12,14)/t5?,6?,7-/m1/s1. The second-order valence-electron chi connectivity index (χ2n) is 3.98. The minimum absolute atomic E-state index is 0.0431. The number of carbonyl (C=O) groups is 2. The van der Waals surface area contributed by atoms with E-state index in [4.69, 9.17) is 4.84 Å². The molecule has 3 atom stereocenters. The molecule has 2 amide bonds. The van der Waals surface area contributed by atoms with Gasteiger partial charge in [-0.2, -0.15) is 0 Å². The molecule has 2 aliphatic rings. The molecule has 2 aliphatic heterocycles. The Morgan fingerprint density at radius 1 is 1.60 bits per heavy atom. The molecule has 2 saturated heterocycles. The van der Waals surface area contributed by atoms with E-state index in [1.807, 2.05) is 6.92 Å². The van der Waals surface area contributed by atoms with Crippen molar-refractivity contribution in [3.05, 3.63) is 0 Å². The molecular formula is C9H15N3O3. The highest BCUT2D eigenvalue weighted by molar-refractivity contribution is 5.89. The van der Waals surface area contributed by atoms with Crippen LogP contribution in [0.3, 0.4) is 0 Å². The van der Waals surface area contributed by atoms with E-state index in [2.05, 4.69) is 16.1 Å². The normalized spacial score (nSPS) is 35.3. The predicted molar refractivity (Wildman–Crippen MR) is 51.6 cm³/mol. The fourth-order valence-corrected chi connectivity index (χ4v) is 1.95. The van der Waals surface area contributed by atoms with Crippen molar-refractivity contribution >= 4 is 11.8 Å². The van der Waals surface area contributed by atoms with Crippen molar-refractivity contribution in [3.63, 3.8) is 0 Å². The van der Waals surface area contributed by atoms with Gasteiger partial charge in [0.15, 0.2) is 0 Å². The molecule has 3 N–H and O–H groups in total. The van der Waals surface area contributed by atoms with Gasteiger partial charge >= 0.3 is 0 Å². The zero-order chi connectivity index (χ0) is 10.8. The van der Waals surface area contributed by atoms with Gasteiger partial charge in [0.2, 0.25) is 5.91 Å². The molecule has 0 aromatic rings. The van der Waals surface area contributed by atoms with Gasteiger partial charge in [0, 0.05) is 6.04 Å². The molecule has 0 aromatic carbocycles. The summed E-state index contributed by atoms with van der Waals surface area (Å²) in [5.41, 5.74) is 2.21. The molecular weight excluding hydrogens is 198 g/mol. The lowest BCUT2D eigenvalue weighted by Crippen LogP contribution is -2.46. The molecule has 6 nitrogen and oxygen atoms in total. The van der Waals surface area contributed by atoms with Gasteiger partial charge in [-0.15, -0.1) is 0 Å². The molecule has 15 heavy (non-hydrogen) atoms. The van der Waals surface area contributed by atoms with Crippen LogP contribution in [-0.4, -0.2) is 37.0 Å². The lowest BCUT2D eigenvalue weighted by molar-refractivity contribution is -0.130. The molecule has 0 radical (unpaired) electrons.